The SMILES string of the molecule is Cl.Nc1ccc2c(c1)CNC(C(=O)O)C2. The second kappa shape index (κ2) is 4.51. The van der Waals surface area contributed by atoms with E-state index in [1.807, 2.05) is 18.2 Å². The fourth-order valence-electron chi connectivity index (χ4n) is 1.71. The Kier molecular flexibility index (Phi) is 3.55. The number of fused-ring (bicyclic) bond motifs is 1. The van der Waals surface area contributed by atoms with Gasteiger partial charge in [0.25, 0.3) is 0 Å². The largest absolute Gasteiger partial charge is 0.480 e. The summed E-state index contributed by atoms with van der Waals surface area (Å²) < 4.78 is 0. The van der Waals surface area contributed by atoms with Crippen LogP contribution in [0.15, 0.2) is 18.2 Å². The number of aliphatic carboxylic acids is 1. The van der Waals surface area contributed by atoms with Crippen molar-refractivity contribution in [2.75, 3.05) is 5.73 Å². The van der Waals surface area contributed by atoms with Gasteiger partial charge in [-0.3, -0.25) is 4.79 Å². The lowest BCUT2D eigenvalue weighted by Crippen LogP contribution is -2.41. The highest BCUT2D eigenvalue weighted by Crippen LogP contribution is 2.19. The molecule has 0 aromatic heterocycles. The second-order valence-corrected chi connectivity index (χ2v) is 3.50. The van der Waals surface area contributed by atoms with Crippen molar-refractivity contribution in [2.24, 2.45) is 0 Å². The van der Waals surface area contributed by atoms with Crippen LogP contribution in [0, 0.1) is 0 Å². The number of carboxylic acid groups (broad SMARTS) is 1. The van der Waals surface area contributed by atoms with Gasteiger partial charge in [-0.2, -0.15) is 0 Å². The van der Waals surface area contributed by atoms with E-state index in [1.54, 1.807) is 0 Å². The topological polar surface area (TPSA) is 75.3 Å². The molecule has 1 aliphatic rings. The molecule has 2 rings (SSSR count). The first-order valence-corrected chi connectivity index (χ1v) is 4.50. The predicted molar refractivity (Wildman–Crippen MR) is 60.1 cm³/mol. The molecule has 5 heteroatoms. The smallest absolute Gasteiger partial charge is 0.321 e. The van der Waals surface area contributed by atoms with Crippen molar-refractivity contribution < 1.29 is 9.90 Å². The van der Waals surface area contributed by atoms with Crippen LogP contribution in [0.25, 0.3) is 0 Å². The fraction of sp³-hybridized carbons (Fsp3) is 0.300. The Bertz CT molecular complexity index is 382. The van der Waals surface area contributed by atoms with Crippen LogP contribution in [-0.2, 0) is 17.8 Å². The molecule has 0 saturated heterocycles. The number of hydrogen-bond donors (Lipinski definition) is 3. The molecule has 1 unspecified atom stereocenters. The number of rotatable bonds is 1. The molecule has 1 heterocycles. The Morgan fingerprint density at radius 3 is 2.87 bits per heavy atom. The highest BCUT2D eigenvalue weighted by atomic mass is 35.5. The van der Waals surface area contributed by atoms with Gasteiger partial charge < -0.3 is 16.2 Å². The van der Waals surface area contributed by atoms with Crippen molar-refractivity contribution in [1.82, 2.24) is 5.32 Å². The van der Waals surface area contributed by atoms with Crippen LogP contribution < -0.4 is 11.1 Å². The van der Waals surface area contributed by atoms with Gasteiger partial charge in [-0.15, -0.1) is 12.4 Å². The first kappa shape index (κ1) is 11.8. The summed E-state index contributed by atoms with van der Waals surface area (Å²) in [4.78, 5) is 10.7. The van der Waals surface area contributed by atoms with Gasteiger partial charge >= 0.3 is 5.97 Å². The second-order valence-electron chi connectivity index (χ2n) is 3.50. The van der Waals surface area contributed by atoms with Gasteiger partial charge in [-0.25, -0.2) is 0 Å². The predicted octanol–water partition coefficient (Wildman–Crippen LogP) is 0.790. The summed E-state index contributed by atoms with van der Waals surface area (Å²) in [6, 6.07) is 5.14. The van der Waals surface area contributed by atoms with E-state index < -0.39 is 12.0 Å². The van der Waals surface area contributed by atoms with E-state index in [0.717, 1.165) is 16.8 Å². The average molecular weight is 229 g/mol. The third-order valence-electron chi connectivity index (χ3n) is 2.49. The van der Waals surface area contributed by atoms with Crippen LogP contribution in [0.1, 0.15) is 11.1 Å². The van der Waals surface area contributed by atoms with E-state index >= 15 is 0 Å². The molecular formula is C10H13ClN2O2. The quantitative estimate of drug-likeness (QED) is 0.622. The van der Waals surface area contributed by atoms with Crippen LogP contribution >= 0.6 is 12.4 Å². The molecule has 1 atom stereocenters. The summed E-state index contributed by atoms with van der Waals surface area (Å²) in [5, 5.41) is 11.8. The fourth-order valence-corrected chi connectivity index (χ4v) is 1.71. The van der Waals surface area contributed by atoms with Crippen LogP contribution in [0.3, 0.4) is 0 Å². The van der Waals surface area contributed by atoms with Gasteiger partial charge in [0.05, 0.1) is 0 Å². The number of anilines is 1. The van der Waals surface area contributed by atoms with E-state index in [4.69, 9.17) is 10.8 Å². The maximum absolute atomic E-state index is 10.7. The van der Waals surface area contributed by atoms with Gasteiger partial charge in [0, 0.05) is 12.2 Å². The molecule has 1 aliphatic heterocycles. The lowest BCUT2D eigenvalue weighted by molar-refractivity contribution is -0.139. The zero-order chi connectivity index (χ0) is 10.1. The number of hydrogen-bond acceptors (Lipinski definition) is 3. The molecule has 4 N–H and O–H groups in total. The van der Waals surface area contributed by atoms with Gasteiger partial charge in [0.15, 0.2) is 0 Å². The maximum Gasteiger partial charge on any atom is 0.321 e. The Morgan fingerprint density at radius 2 is 2.20 bits per heavy atom. The van der Waals surface area contributed by atoms with Gasteiger partial charge in [0.1, 0.15) is 6.04 Å². The zero-order valence-electron chi connectivity index (χ0n) is 8.06. The molecule has 0 amide bonds. The number of nitrogen functional groups attached to an aromatic ring is 1. The van der Waals surface area contributed by atoms with Crippen LogP contribution in [0.2, 0.25) is 0 Å². The lowest BCUT2D eigenvalue weighted by atomic mass is 9.95. The molecule has 4 nitrogen and oxygen atoms in total. The maximum atomic E-state index is 10.7. The number of benzene rings is 1. The monoisotopic (exact) mass is 228 g/mol. The van der Waals surface area contributed by atoms with Gasteiger partial charge in [-0.05, 0) is 29.7 Å². The van der Waals surface area contributed by atoms with Crippen molar-refractivity contribution in [3.63, 3.8) is 0 Å². The summed E-state index contributed by atoms with van der Waals surface area (Å²) in [5.74, 6) is -0.799. The summed E-state index contributed by atoms with van der Waals surface area (Å²) in [7, 11) is 0. The molecular weight excluding hydrogens is 216 g/mol. The van der Waals surface area contributed by atoms with E-state index in [1.165, 1.54) is 0 Å². The average Bonchev–Trinajstić information content (AvgIpc) is 2.16. The summed E-state index contributed by atoms with van der Waals surface area (Å²) in [6.07, 6.45) is 0.533. The third-order valence-corrected chi connectivity index (χ3v) is 2.49. The van der Waals surface area contributed by atoms with E-state index in [0.29, 0.717) is 13.0 Å². The first-order chi connectivity index (χ1) is 6.66. The minimum atomic E-state index is -0.799. The Labute approximate surface area is 93.9 Å². The number of nitrogens with two attached hydrogens (primary N) is 1. The zero-order valence-corrected chi connectivity index (χ0v) is 8.88. The highest BCUT2D eigenvalue weighted by molar-refractivity contribution is 5.85. The van der Waals surface area contributed by atoms with Crippen LogP contribution in [-0.4, -0.2) is 17.1 Å². The Balaban J connectivity index is 0.00000112. The molecule has 0 spiro atoms. The van der Waals surface area contributed by atoms with E-state index in [2.05, 4.69) is 5.32 Å². The number of carbonyl (C=O) groups is 1. The summed E-state index contributed by atoms with van der Waals surface area (Å²) in [6.45, 7) is 0.581. The number of halogens is 1. The molecule has 0 saturated carbocycles. The van der Waals surface area contributed by atoms with E-state index in [-0.39, 0.29) is 12.4 Å². The minimum absolute atomic E-state index is 0. The molecule has 0 radical (unpaired) electrons. The first-order valence-electron chi connectivity index (χ1n) is 4.50. The third kappa shape index (κ3) is 2.40. The van der Waals surface area contributed by atoms with Crippen LogP contribution in [0.4, 0.5) is 5.69 Å². The number of nitrogens with one attached hydrogen (secondary N) is 1. The van der Waals surface area contributed by atoms with Crippen molar-refractivity contribution >= 4 is 24.1 Å². The molecule has 0 fully saturated rings. The van der Waals surface area contributed by atoms with Gasteiger partial charge in [0.2, 0.25) is 0 Å². The molecule has 82 valence electrons. The van der Waals surface area contributed by atoms with E-state index in [9.17, 15) is 4.79 Å². The molecule has 0 aliphatic carbocycles. The standard InChI is InChI=1S/C10H12N2O2.ClH/c11-8-2-1-6-4-9(10(13)14)12-5-7(6)3-8;/h1-3,9,12H,4-5,11H2,(H,13,14);1H. The lowest BCUT2D eigenvalue weighted by Gasteiger charge is -2.23. The highest BCUT2D eigenvalue weighted by Gasteiger charge is 2.23. The van der Waals surface area contributed by atoms with Crippen LogP contribution in [0.5, 0.6) is 0 Å². The molecule has 1 aromatic carbocycles. The Hall–Kier alpha value is -1.26. The number of carboxylic acids is 1. The van der Waals surface area contributed by atoms with Crippen molar-refractivity contribution in [3.8, 4) is 0 Å². The molecule has 15 heavy (non-hydrogen) atoms. The van der Waals surface area contributed by atoms with Gasteiger partial charge in [-0.1, -0.05) is 6.07 Å². The normalized spacial score (nSPS) is 18.8. The summed E-state index contributed by atoms with van der Waals surface area (Å²) in [5.41, 5.74) is 8.53. The summed E-state index contributed by atoms with van der Waals surface area (Å²) >= 11 is 0. The van der Waals surface area contributed by atoms with Crippen molar-refractivity contribution in [2.45, 2.75) is 19.0 Å². The van der Waals surface area contributed by atoms with Crippen molar-refractivity contribution in [3.05, 3.63) is 29.3 Å². The molecule has 0 bridgehead atoms. The molecule has 1 aromatic rings. The Morgan fingerprint density at radius 1 is 1.47 bits per heavy atom. The minimum Gasteiger partial charge on any atom is -0.480 e. The van der Waals surface area contributed by atoms with Crippen molar-refractivity contribution in [1.29, 1.82) is 0 Å².